The first-order valence-corrected chi connectivity index (χ1v) is 12.0. The van der Waals surface area contributed by atoms with Gasteiger partial charge < -0.3 is 9.97 Å². The third-order valence-corrected chi connectivity index (χ3v) is 7.16. The molecule has 168 valence electrons. The van der Waals surface area contributed by atoms with Gasteiger partial charge in [0.25, 0.3) is 0 Å². The van der Waals surface area contributed by atoms with E-state index in [9.17, 15) is 0 Å². The summed E-state index contributed by atoms with van der Waals surface area (Å²) in [5.41, 5.74) is 8.99. The Kier molecular flexibility index (Phi) is 5.32. The fraction of sp³-hybridized carbons (Fsp3) is 0.310. The Labute approximate surface area is 195 Å². The number of aromatic amines is 2. The summed E-state index contributed by atoms with van der Waals surface area (Å²) in [7, 11) is 0. The molecule has 0 saturated carbocycles. The van der Waals surface area contributed by atoms with Gasteiger partial charge in [-0.25, -0.2) is 9.97 Å². The monoisotopic (exact) mass is 436 g/mol. The van der Waals surface area contributed by atoms with Crippen molar-refractivity contribution in [3.8, 4) is 22.5 Å². The van der Waals surface area contributed by atoms with Crippen molar-refractivity contribution in [2.45, 2.75) is 58.8 Å². The zero-order valence-corrected chi connectivity index (χ0v) is 20.2. The molecule has 2 aromatic heterocycles. The Morgan fingerprint density at radius 3 is 2.12 bits per heavy atom. The van der Waals surface area contributed by atoms with Crippen molar-refractivity contribution in [1.82, 2.24) is 19.9 Å². The minimum atomic E-state index is 0.0383. The van der Waals surface area contributed by atoms with E-state index in [-0.39, 0.29) is 5.41 Å². The second-order valence-corrected chi connectivity index (χ2v) is 9.81. The summed E-state index contributed by atoms with van der Waals surface area (Å²) in [5, 5.41) is 0. The summed E-state index contributed by atoms with van der Waals surface area (Å²) >= 11 is 0. The average molecular weight is 437 g/mol. The molecule has 0 spiro atoms. The molecule has 4 heteroatoms. The van der Waals surface area contributed by atoms with Gasteiger partial charge in [0.15, 0.2) is 0 Å². The van der Waals surface area contributed by atoms with Crippen LogP contribution in [-0.2, 0) is 5.41 Å². The SMILES string of the molecule is CCC(C)c1cccc(-c2nc3ccc(-c4ccc5nc(C(C)(C)CC)[nH]c5c4)cc3[nH]2)c1. The molecule has 0 saturated heterocycles. The number of nitrogens with one attached hydrogen (secondary N) is 2. The molecule has 1 atom stereocenters. The van der Waals surface area contributed by atoms with Gasteiger partial charge >= 0.3 is 0 Å². The molecule has 0 amide bonds. The third kappa shape index (κ3) is 3.95. The lowest BCUT2D eigenvalue weighted by atomic mass is 9.90. The van der Waals surface area contributed by atoms with Crippen LogP contribution < -0.4 is 0 Å². The molecule has 1 unspecified atom stereocenters. The predicted octanol–water partition coefficient (Wildman–Crippen LogP) is 7.97. The number of rotatable bonds is 6. The normalized spacial score (nSPS) is 13.1. The van der Waals surface area contributed by atoms with Crippen LogP contribution in [0.15, 0.2) is 60.7 Å². The Bertz CT molecular complexity index is 1440. The fourth-order valence-corrected chi connectivity index (χ4v) is 4.23. The van der Waals surface area contributed by atoms with Crippen LogP contribution in [0.2, 0.25) is 0 Å². The minimum absolute atomic E-state index is 0.0383. The molecule has 2 N–H and O–H groups in total. The number of hydrogen-bond acceptors (Lipinski definition) is 2. The van der Waals surface area contributed by atoms with Crippen molar-refractivity contribution in [3.63, 3.8) is 0 Å². The van der Waals surface area contributed by atoms with Crippen molar-refractivity contribution in [2.75, 3.05) is 0 Å². The standard InChI is InChI=1S/C29H32N4/c1-6-18(3)19-9-8-10-22(15-19)27-30-23-13-11-20(16-25(23)31-27)21-12-14-24-26(17-21)33-28(32-24)29(4,5)7-2/h8-18H,6-7H2,1-5H3,(H,30,31)(H,32,33). The first kappa shape index (κ1) is 21.4. The maximum atomic E-state index is 4.86. The number of fused-ring (bicyclic) bond motifs is 2. The van der Waals surface area contributed by atoms with E-state index >= 15 is 0 Å². The summed E-state index contributed by atoms with van der Waals surface area (Å²) in [6.45, 7) is 11.2. The molecule has 4 nitrogen and oxygen atoms in total. The van der Waals surface area contributed by atoms with Gasteiger partial charge in [-0.2, -0.15) is 0 Å². The van der Waals surface area contributed by atoms with Crippen LogP contribution in [-0.4, -0.2) is 19.9 Å². The highest BCUT2D eigenvalue weighted by atomic mass is 14.9. The first-order chi connectivity index (χ1) is 15.9. The Hall–Kier alpha value is -3.40. The van der Waals surface area contributed by atoms with E-state index in [2.05, 4.69) is 105 Å². The molecule has 0 fully saturated rings. The molecule has 0 aliphatic carbocycles. The second-order valence-electron chi connectivity index (χ2n) is 9.81. The Balaban J connectivity index is 1.51. The number of hydrogen-bond donors (Lipinski definition) is 2. The highest BCUT2D eigenvalue weighted by Crippen LogP contribution is 2.31. The number of benzene rings is 3. The lowest BCUT2D eigenvalue weighted by Gasteiger charge is -2.18. The molecule has 0 aliphatic heterocycles. The Morgan fingerprint density at radius 1 is 0.788 bits per heavy atom. The summed E-state index contributed by atoms with van der Waals surface area (Å²) in [6.07, 6.45) is 2.17. The summed E-state index contributed by atoms with van der Waals surface area (Å²) in [5.74, 6) is 2.51. The van der Waals surface area contributed by atoms with E-state index in [4.69, 9.17) is 9.97 Å². The molecular weight excluding hydrogens is 404 g/mol. The molecule has 2 heterocycles. The van der Waals surface area contributed by atoms with Gasteiger partial charge in [0.05, 0.1) is 22.1 Å². The zero-order chi connectivity index (χ0) is 23.2. The van der Waals surface area contributed by atoms with E-state index in [1.54, 1.807) is 0 Å². The lowest BCUT2D eigenvalue weighted by Crippen LogP contribution is -2.17. The Morgan fingerprint density at radius 2 is 1.45 bits per heavy atom. The van der Waals surface area contributed by atoms with Crippen LogP contribution >= 0.6 is 0 Å². The van der Waals surface area contributed by atoms with Gasteiger partial charge in [0.2, 0.25) is 0 Å². The number of aromatic nitrogens is 4. The van der Waals surface area contributed by atoms with E-state index in [0.717, 1.165) is 52.1 Å². The molecule has 5 rings (SSSR count). The molecule has 0 bridgehead atoms. The van der Waals surface area contributed by atoms with Crippen LogP contribution in [0.5, 0.6) is 0 Å². The topological polar surface area (TPSA) is 57.4 Å². The van der Waals surface area contributed by atoms with Crippen LogP contribution in [0.1, 0.15) is 64.8 Å². The molecule has 3 aromatic carbocycles. The molecule has 33 heavy (non-hydrogen) atoms. The van der Waals surface area contributed by atoms with Crippen LogP contribution in [0.3, 0.4) is 0 Å². The van der Waals surface area contributed by atoms with Crippen LogP contribution in [0.25, 0.3) is 44.6 Å². The fourth-order valence-electron chi connectivity index (χ4n) is 4.23. The predicted molar refractivity (Wildman–Crippen MR) is 139 cm³/mol. The van der Waals surface area contributed by atoms with Gasteiger partial charge in [-0.1, -0.05) is 65.0 Å². The second kappa shape index (κ2) is 8.18. The maximum absolute atomic E-state index is 4.86. The molecule has 0 aliphatic rings. The smallest absolute Gasteiger partial charge is 0.138 e. The van der Waals surface area contributed by atoms with E-state index in [0.29, 0.717) is 5.92 Å². The average Bonchev–Trinajstić information content (AvgIpc) is 3.47. The van der Waals surface area contributed by atoms with E-state index < -0.39 is 0 Å². The van der Waals surface area contributed by atoms with Crippen molar-refractivity contribution in [2.24, 2.45) is 0 Å². The van der Waals surface area contributed by atoms with E-state index in [1.165, 1.54) is 16.7 Å². The number of imidazole rings is 2. The molecule has 5 aromatic rings. The molecule has 0 radical (unpaired) electrons. The summed E-state index contributed by atoms with van der Waals surface area (Å²) in [6, 6.07) is 21.6. The van der Waals surface area contributed by atoms with Gasteiger partial charge in [-0.15, -0.1) is 0 Å². The third-order valence-electron chi connectivity index (χ3n) is 7.16. The largest absolute Gasteiger partial charge is 0.342 e. The van der Waals surface area contributed by atoms with Crippen LogP contribution in [0.4, 0.5) is 0 Å². The van der Waals surface area contributed by atoms with Crippen LogP contribution in [0, 0.1) is 0 Å². The van der Waals surface area contributed by atoms with Gasteiger partial charge in [-0.3, -0.25) is 0 Å². The molecular formula is C29H32N4. The quantitative estimate of drug-likeness (QED) is 0.283. The lowest BCUT2D eigenvalue weighted by molar-refractivity contribution is 0.479. The summed E-state index contributed by atoms with van der Waals surface area (Å²) < 4.78 is 0. The minimum Gasteiger partial charge on any atom is -0.342 e. The number of H-pyrrole nitrogens is 2. The van der Waals surface area contributed by atoms with Gasteiger partial charge in [-0.05, 0) is 65.8 Å². The van der Waals surface area contributed by atoms with Crippen molar-refractivity contribution in [3.05, 3.63) is 72.1 Å². The highest BCUT2D eigenvalue weighted by molar-refractivity contribution is 5.87. The van der Waals surface area contributed by atoms with Gasteiger partial charge in [0.1, 0.15) is 11.6 Å². The maximum Gasteiger partial charge on any atom is 0.138 e. The zero-order valence-electron chi connectivity index (χ0n) is 20.2. The van der Waals surface area contributed by atoms with Crippen molar-refractivity contribution in [1.29, 1.82) is 0 Å². The number of nitrogens with zero attached hydrogens (tertiary/aromatic N) is 2. The van der Waals surface area contributed by atoms with Crippen molar-refractivity contribution < 1.29 is 0 Å². The van der Waals surface area contributed by atoms with Gasteiger partial charge in [0, 0.05) is 11.0 Å². The van der Waals surface area contributed by atoms with E-state index in [1.807, 2.05) is 0 Å². The highest BCUT2D eigenvalue weighted by Gasteiger charge is 2.22. The summed E-state index contributed by atoms with van der Waals surface area (Å²) in [4.78, 5) is 16.8. The van der Waals surface area contributed by atoms with Crippen molar-refractivity contribution >= 4 is 22.1 Å². The first-order valence-electron chi connectivity index (χ1n) is 12.0.